The first-order chi connectivity index (χ1) is 12.3. The molecule has 2 aromatic carbocycles. The summed E-state index contributed by atoms with van der Waals surface area (Å²) in [5.74, 6) is 1.45. The maximum absolute atomic E-state index is 12.7. The lowest BCUT2D eigenvalue weighted by Gasteiger charge is -2.47. The lowest BCUT2D eigenvalue weighted by atomic mass is 9.89. The van der Waals surface area contributed by atoms with E-state index < -0.39 is 6.10 Å². The molecule has 0 aliphatic carbocycles. The molecule has 3 rings (SSSR count). The molecule has 0 spiro atoms. The average Bonchev–Trinajstić information content (AvgIpc) is 2.67. The van der Waals surface area contributed by atoms with Gasteiger partial charge in [-0.3, -0.25) is 4.79 Å². The van der Waals surface area contributed by atoms with Crippen LogP contribution in [0.3, 0.4) is 0 Å². The average molecular weight is 341 g/mol. The number of carbonyl (C=O) groups is 1. The molecule has 132 valence electrons. The number of amides is 1. The van der Waals surface area contributed by atoms with Gasteiger partial charge in [0, 0.05) is 25.8 Å². The zero-order chi connectivity index (χ0) is 17.6. The second-order valence-corrected chi connectivity index (χ2v) is 5.92. The van der Waals surface area contributed by atoms with Crippen LogP contribution < -0.4 is 9.47 Å². The van der Waals surface area contributed by atoms with Gasteiger partial charge < -0.3 is 19.1 Å². The number of hydrogen-bond donors (Lipinski definition) is 0. The smallest absolute Gasteiger partial charge is 0.266 e. The first kappa shape index (κ1) is 17.3. The fourth-order valence-corrected chi connectivity index (χ4v) is 3.15. The Labute approximate surface area is 148 Å². The van der Waals surface area contributed by atoms with E-state index in [9.17, 15) is 4.79 Å². The summed E-state index contributed by atoms with van der Waals surface area (Å²) in [6.45, 7) is 1.25. The lowest BCUT2D eigenvalue weighted by Crippen LogP contribution is -2.61. The summed E-state index contributed by atoms with van der Waals surface area (Å²) in [5, 5.41) is 0. The van der Waals surface area contributed by atoms with Crippen LogP contribution in [0.5, 0.6) is 11.5 Å². The van der Waals surface area contributed by atoms with Gasteiger partial charge in [0.25, 0.3) is 5.91 Å². The van der Waals surface area contributed by atoms with Crippen molar-refractivity contribution in [2.75, 3.05) is 27.4 Å². The van der Waals surface area contributed by atoms with E-state index in [0.29, 0.717) is 18.9 Å². The number of methoxy groups -OCH3 is 2. The van der Waals surface area contributed by atoms with Crippen LogP contribution in [-0.2, 0) is 9.53 Å². The zero-order valence-corrected chi connectivity index (χ0v) is 14.6. The van der Waals surface area contributed by atoms with E-state index in [1.54, 1.807) is 14.2 Å². The molecule has 0 N–H and O–H groups in total. The minimum absolute atomic E-state index is 0.00383. The summed E-state index contributed by atoms with van der Waals surface area (Å²) < 4.78 is 16.6. The standard InChI is InChI=1S/C20H23NO4/c1-23-14-8-13-21-18(16-11-6-7-12-17(16)24-2)19(20(21)22)25-15-9-4-3-5-10-15/h3-7,9-12,18-19H,8,13-14H2,1-2H3/t18-,19+/m1/s1. The predicted molar refractivity (Wildman–Crippen MR) is 94.8 cm³/mol. The molecule has 0 unspecified atom stereocenters. The maximum Gasteiger partial charge on any atom is 0.266 e. The van der Waals surface area contributed by atoms with E-state index in [-0.39, 0.29) is 11.9 Å². The number of β-lactam (4-membered cyclic amide) rings is 1. The van der Waals surface area contributed by atoms with Gasteiger partial charge in [0.1, 0.15) is 17.5 Å². The van der Waals surface area contributed by atoms with Gasteiger partial charge in [-0.2, -0.15) is 0 Å². The first-order valence-electron chi connectivity index (χ1n) is 8.40. The highest BCUT2D eigenvalue weighted by molar-refractivity contribution is 5.89. The highest BCUT2D eigenvalue weighted by Gasteiger charge is 2.50. The third-order valence-corrected chi connectivity index (χ3v) is 4.36. The Morgan fingerprint density at radius 1 is 1.00 bits per heavy atom. The Bertz CT molecular complexity index is 704. The quantitative estimate of drug-likeness (QED) is 0.547. The summed E-state index contributed by atoms with van der Waals surface area (Å²) in [7, 11) is 3.30. The number of hydrogen-bond acceptors (Lipinski definition) is 4. The third-order valence-electron chi connectivity index (χ3n) is 4.36. The van der Waals surface area contributed by atoms with Crippen molar-refractivity contribution in [1.29, 1.82) is 0 Å². The molecular formula is C20H23NO4. The van der Waals surface area contributed by atoms with Gasteiger partial charge in [-0.05, 0) is 24.6 Å². The topological polar surface area (TPSA) is 48.0 Å². The van der Waals surface area contributed by atoms with Gasteiger partial charge in [0.05, 0.1) is 7.11 Å². The van der Waals surface area contributed by atoms with Gasteiger partial charge in [-0.25, -0.2) is 0 Å². The van der Waals surface area contributed by atoms with Crippen molar-refractivity contribution in [1.82, 2.24) is 4.90 Å². The molecule has 2 atom stereocenters. The molecule has 2 aromatic rings. The Balaban J connectivity index is 1.84. The lowest BCUT2D eigenvalue weighted by molar-refractivity contribution is -0.164. The van der Waals surface area contributed by atoms with Crippen molar-refractivity contribution >= 4 is 5.91 Å². The monoisotopic (exact) mass is 341 g/mol. The molecule has 1 aliphatic rings. The maximum atomic E-state index is 12.7. The molecule has 0 bridgehead atoms. The summed E-state index contributed by atoms with van der Waals surface area (Å²) in [6, 6.07) is 17.0. The Morgan fingerprint density at radius 2 is 1.72 bits per heavy atom. The summed E-state index contributed by atoms with van der Waals surface area (Å²) in [4.78, 5) is 14.5. The van der Waals surface area contributed by atoms with Crippen LogP contribution in [0.4, 0.5) is 0 Å². The molecule has 1 fully saturated rings. The molecule has 5 heteroatoms. The number of para-hydroxylation sites is 2. The Morgan fingerprint density at radius 3 is 2.44 bits per heavy atom. The largest absolute Gasteiger partial charge is 0.496 e. The van der Waals surface area contributed by atoms with Crippen molar-refractivity contribution in [2.24, 2.45) is 0 Å². The van der Waals surface area contributed by atoms with E-state index in [1.165, 1.54) is 0 Å². The summed E-state index contributed by atoms with van der Waals surface area (Å²) in [5.41, 5.74) is 0.961. The van der Waals surface area contributed by atoms with Crippen LogP contribution in [0.1, 0.15) is 18.0 Å². The molecule has 1 saturated heterocycles. The normalized spacial score (nSPS) is 19.4. The second-order valence-electron chi connectivity index (χ2n) is 5.92. The fourth-order valence-electron chi connectivity index (χ4n) is 3.15. The van der Waals surface area contributed by atoms with Crippen LogP contribution in [0.25, 0.3) is 0 Å². The van der Waals surface area contributed by atoms with Gasteiger partial charge >= 0.3 is 0 Å². The minimum atomic E-state index is -0.541. The number of benzene rings is 2. The van der Waals surface area contributed by atoms with E-state index in [0.717, 1.165) is 17.7 Å². The van der Waals surface area contributed by atoms with E-state index in [4.69, 9.17) is 14.2 Å². The van der Waals surface area contributed by atoms with Crippen molar-refractivity contribution in [3.05, 3.63) is 60.2 Å². The van der Waals surface area contributed by atoms with Gasteiger partial charge in [-0.1, -0.05) is 36.4 Å². The first-order valence-corrected chi connectivity index (χ1v) is 8.40. The molecule has 0 aromatic heterocycles. The summed E-state index contributed by atoms with van der Waals surface area (Å²) >= 11 is 0. The molecule has 25 heavy (non-hydrogen) atoms. The van der Waals surface area contributed by atoms with Crippen molar-refractivity contribution in [3.8, 4) is 11.5 Å². The predicted octanol–water partition coefficient (Wildman–Crippen LogP) is 3.06. The highest BCUT2D eigenvalue weighted by Crippen LogP contribution is 2.41. The number of carbonyl (C=O) groups excluding carboxylic acids is 1. The molecular weight excluding hydrogens is 318 g/mol. The van der Waals surface area contributed by atoms with Gasteiger partial charge in [0.2, 0.25) is 6.10 Å². The SMILES string of the molecule is COCCCN1C(=O)[C@@H](Oc2ccccc2)[C@H]1c1ccccc1OC. The molecule has 5 nitrogen and oxygen atoms in total. The van der Waals surface area contributed by atoms with Crippen LogP contribution in [-0.4, -0.2) is 44.3 Å². The van der Waals surface area contributed by atoms with Gasteiger partial charge in [-0.15, -0.1) is 0 Å². The van der Waals surface area contributed by atoms with Crippen molar-refractivity contribution < 1.29 is 19.0 Å². The van der Waals surface area contributed by atoms with E-state index >= 15 is 0 Å². The van der Waals surface area contributed by atoms with E-state index in [2.05, 4.69) is 0 Å². The number of likely N-dealkylation sites (tertiary alicyclic amines) is 1. The summed E-state index contributed by atoms with van der Waals surface area (Å²) in [6.07, 6.45) is 0.243. The van der Waals surface area contributed by atoms with Crippen molar-refractivity contribution in [3.63, 3.8) is 0 Å². The highest BCUT2D eigenvalue weighted by atomic mass is 16.5. The van der Waals surface area contributed by atoms with E-state index in [1.807, 2.05) is 59.5 Å². The van der Waals surface area contributed by atoms with Crippen LogP contribution in [0.2, 0.25) is 0 Å². The van der Waals surface area contributed by atoms with Crippen LogP contribution >= 0.6 is 0 Å². The fraction of sp³-hybridized carbons (Fsp3) is 0.350. The molecule has 0 saturated carbocycles. The number of ether oxygens (including phenoxy) is 3. The molecule has 1 aliphatic heterocycles. The van der Waals surface area contributed by atoms with Crippen LogP contribution in [0.15, 0.2) is 54.6 Å². The van der Waals surface area contributed by atoms with Crippen molar-refractivity contribution in [2.45, 2.75) is 18.6 Å². The van der Waals surface area contributed by atoms with Gasteiger partial charge in [0.15, 0.2) is 0 Å². The second kappa shape index (κ2) is 8.03. The van der Waals surface area contributed by atoms with Crippen LogP contribution in [0, 0.1) is 0 Å². The number of rotatable bonds is 8. The molecule has 1 amide bonds. The Kier molecular flexibility index (Phi) is 5.56. The number of nitrogens with zero attached hydrogens (tertiary/aromatic N) is 1. The Hall–Kier alpha value is -2.53. The minimum Gasteiger partial charge on any atom is -0.496 e. The third kappa shape index (κ3) is 3.61. The molecule has 1 heterocycles. The zero-order valence-electron chi connectivity index (χ0n) is 14.6. The molecule has 0 radical (unpaired) electrons.